The second-order valence-electron chi connectivity index (χ2n) is 4.85. The fourth-order valence-corrected chi connectivity index (χ4v) is 2.31. The molecule has 0 aromatic carbocycles. The van der Waals surface area contributed by atoms with Crippen LogP contribution in [0.3, 0.4) is 0 Å². The Morgan fingerprint density at radius 2 is 2.44 bits per heavy atom. The number of rotatable bonds is 3. The molecule has 0 saturated carbocycles. The average Bonchev–Trinajstić information content (AvgIpc) is 2.73. The summed E-state index contributed by atoms with van der Waals surface area (Å²) in [7, 11) is 1.81. The second kappa shape index (κ2) is 4.31. The Hall–Kier alpha value is -0.650. The first-order chi connectivity index (χ1) is 7.53. The number of likely N-dealkylation sites (N-methyl/N-ethyl adjacent to an activating group) is 1. The molecule has 0 spiro atoms. The van der Waals surface area contributed by atoms with Crippen LogP contribution in [0.1, 0.15) is 19.8 Å². The highest BCUT2D eigenvalue weighted by molar-refractivity contribution is 5.83. The van der Waals surface area contributed by atoms with E-state index in [-0.39, 0.29) is 18.1 Å². The van der Waals surface area contributed by atoms with E-state index in [0.29, 0.717) is 19.6 Å². The summed E-state index contributed by atoms with van der Waals surface area (Å²) in [5, 5.41) is 13.4. The number of likely N-dealkylation sites (tertiary alicyclic amines) is 1. The van der Waals surface area contributed by atoms with Gasteiger partial charge in [0.25, 0.3) is 0 Å². The average molecular weight is 228 g/mol. The van der Waals surface area contributed by atoms with Gasteiger partial charge in [-0.15, -0.1) is 0 Å². The number of nitrogens with one attached hydrogen (secondary N) is 1. The summed E-state index contributed by atoms with van der Waals surface area (Å²) in [6, 6.07) is -0.137. The van der Waals surface area contributed by atoms with Gasteiger partial charge >= 0.3 is 0 Å². The molecule has 2 fully saturated rings. The highest BCUT2D eigenvalue weighted by atomic mass is 16.5. The molecule has 1 amide bonds. The molecule has 0 bridgehead atoms. The van der Waals surface area contributed by atoms with Gasteiger partial charge in [-0.2, -0.15) is 0 Å². The lowest BCUT2D eigenvalue weighted by molar-refractivity contribution is -0.128. The van der Waals surface area contributed by atoms with Crippen LogP contribution in [0.2, 0.25) is 0 Å². The molecule has 2 N–H and O–H groups in total. The fourth-order valence-electron chi connectivity index (χ4n) is 2.31. The minimum absolute atomic E-state index is 0.121. The maximum absolute atomic E-state index is 11.6. The Bertz CT molecular complexity index is 284. The molecule has 2 heterocycles. The molecule has 0 radical (unpaired) electrons. The molecular formula is C11H20N2O3. The highest BCUT2D eigenvalue weighted by Gasteiger charge is 2.40. The van der Waals surface area contributed by atoms with Crippen LogP contribution in [0.25, 0.3) is 0 Å². The summed E-state index contributed by atoms with van der Waals surface area (Å²) < 4.78 is 5.35. The fraction of sp³-hybridized carbons (Fsp3) is 0.909. The molecule has 5 nitrogen and oxygen atoms in total. The van der Waals surface area contributed by atoms with E-state index in [4.69, 9.17) is 4.74 Å². The van der Waals surface area contributed by atoms with E-state index in [1.54, 1.807) is 11.9 Å². The predicted octanol–water partition coefficient (Wildman–Crippen LogP) is -0.653. The molecule has 3 unspecified atom stereocenters. The maximum Gasteiger partial charge on any atom is 0.239 e. The van der Waals surface area contributed by atoms with Crippen LogP contribution in [-0.2, 0) is 9.53 Å². The Morgan fingerprint density at radius 3 is 2.94 bits per heavy atom. The zero-order valence-corrected chi connectivity index (χ0v) is 9.90. The van der Waals surface area contributed by atoms with Gasteiger partial charge in [0.15, 0.2) is 0 Å². The Labute approximate surface area is 95.8 Å². The van der Waals surface area contributed by atoms with Gasteiger partial charge in [0.05, 0.1) is 12.1 Å². The maximum atomic E-state index is 11.6. The van der Waals surface area contributed by atoms with Crippen molar-refractivity contribution in [2.45, 2.75) is 37.5 Å². The van der Waals surface area contributed by atoms with Crippen molar-refractivity contribution in [1.82, 2.24) is 10.2 Å². The minimum Gasteiger partial charge on any atom is -0.386 e. The molecule has 2 rings (SSSR count). The summed E-state index contributed by atoms with van der Waals surface area (Å²) in [6.45, 7) is 3.69. The summed E-state index contributed by atoms with van der Waals surface area (Å²) >= 11 is 0. The highest BCUT2D eigenvalue weighted by Crippen LogP contribution is 2.25. The van der Waals surface area contributed by atoms with Crippen molar-refractivity contribution < 1.29 is 14.6 Å². The molecule has 3 atom stereocenters. The smallest absolute Gasteiger partial charge is 0.239 e. The Kier molecular flexibility index (Phi) is 3.19. The monoisotopic (exact) mass is 228 g/mol. The first kappa shape index (κ1) is 11.8. The third-order valence-electron chi connectivity index (χ3n) is 3.74. The summed E-state index contributed by atoms with van der Waals surface area (Å²) in [5.41, 5.74) is -0.818. The quantitative estimate of drug-likeness (QED) is 0.673. The van der Waals surface area contributed by atoms with E-state index in [2.05, 4.69) is 5.32 Å². The van der Waals surface area contributed by atoms with E-state index < -0.39 is 5.60 Å². The van der Waals surface area contributed by atoms with Gasteiger partial charge < -0.3 is 20.1 Å². The van der Waals surface area contributed by atoms with Gasteiger partial charge in [-0.1, -0.05) is 0 Å². The normalized spacial score (nSPS) is 39.7. The number of carbonyl (C=O) groups is 1. The van der Waals surface area contributed by atoms with Crippen molar-refractivity contribution in [3.63, 3.8) is 0 Å². The molecule has 0 aliphatic carbocycles. The lowest BCUT2D eigenvalue weighted by atomic mass is 9.96. The molecule has 0 aromatic rings. The van der Waals surface area contributed by atoms with Crippen LogP contribution < -0.4 is 5.32 Å². The van der Waals surface area contributed by atoms with Gasteiger partial charge in [0.2, 0.25) is 5.91 Å². The van der Waals surface area contributed by atoms with E-state index in [0.717, 1.165) is 13.0 Å². The van der Waals surface area contributed by atoms with Crippen molar-refractivity contribution in [2.75, 3.05) is 26.7 Å². The summed E-state index contributed by atoms with van der Waals surface area (Å²) in [6.07, 6.45) is 1.30. The predicted molar refractivity (Wildman–Crippen MR) is 59.0 cm³/mol. The van der Waals surface area contributed by atoms with Crippen LogP contribution in [0.15, 0.2) is 0 Å². The van der Waals surface area contributed by atoms with Crippen molar-refractivity contribution in [2.24, 2.45) is 0 Å². The molecular weight excluding hydrogens is 208 g/mol. The van der Waals surface area contributed by atoms with Crippen molar-refractivity contribution in [1.29, 1.82) is 0 Å². The zero-order valence-electron chi connectivity index (χ0n) is 9.90. The molecule has 2 saturated heterocycles. The van der Waals surface area contributed by atoms with Gasteiger partial charge in [-0.25, -0.2) is 0 Å². The van der Waals surface area contributed by atoms with E-state index in [9.17, 15) is 9.90 Å². The van der Waals surface area contributed by atoms with E-state index in [1.807, 2.05) is 6.92 Å². The van der Waals surface area contributed by atoms with Crippen molar-refractivity contribution in [3.8, 4) is 0 Å². The van der Waals surface area contributed by atoms with Gasteiger partial charge in [-0.05, 0) is 13.3 Å². The van der Waals surface area contributed by atoms with Crippen LogP contribution >= 0.6 is 0 Å². The number of hydrogen-bond donors (Lipinski definition) is 2. The Balaban J connectivity index is 1.85. The number of nitrogens with zero attached hydrogens (tertiary/aromatic N) is 1. The summed E-state index contributed by atoms with van der Waals surface area (Å²) in [4.78, 5) is 13.4. The molecule has 2 aliphatic rings. The molecule has 92 valence electrons. The van der Waals surface area contributed by atoms with E-state index in [1.165, 1.54) is 0 Å². The first-order valence-corrected chi connectivity index (χ1v) is 5.85. The van der Waals surface area contributed by atoms with Crippen molar-refractivity contribution in [3.05, 3.63) is 0 Å². The third-order valence-corrected chi connectivity index (χ3v) is 3.74. The second-order valence-corrected chi connectivity index (χ2v) is 4.85. The SMILES string of the molecule is CC1OCCC1(O)CNC1CCN(C)C1=O. The first-order valence-electron chi connectivity index (χ1n) is 5.85. The zero-order chi connectivity index (χ0) is 11.8. The Morgan fingerprint density at radius 1 is 1.69 bits per heavy atom. The number of amides is 1. The number of carbonyl (C=O) groups excluding carboxylic acids is 1. The molecule has 16 heavy (non-hydrogen) atoms. The standard InChI is InChI=1S/C11H20N2O3/c1-8-11(15,4-6-16-8)7-12-9-3-5-13(2)10(9)14/h8-9,12,15H,3-7H2,1-2H3. The number of ether oxygens (including phenoxy) is 1. The van der Waals surface area contributed by atoms with Crippen LogP contribution in [0.4, 0.5) is 0 Å². The number of hydrogen-bond acceptors (Lipinski definition) is 4. The largest absolute Gasteiger partial charge is 0.386 e. The van der Waals surface area contributed by atoms with Crippen LogP contribution in [0, 0.1) is 0 Å². The molecule has 2 aliphatic heterocycles. The minimum atomic E-state index is -0.818. The van der Waals surface area contributed by atoms with Gasteiger partial charge in [0, 0.05) is 33.2 Å². The number of aliphatic hydroxyl groups is 1. The van der Waals surface area contributed by atoms with Crippen molar-refractivity contribution >= 4 is 5.91 Å². The lowest BCUT2D eigenvalue weighted by Gasteiger charge is -2.27. The van der Waals surface area contributed by atoms with Crippen LogP contribution in [0.5, 0.6) is 0 Å². The van der Waals surface area contributed by atoms with Gasteiger partial charge in [0.1, 0.15) is 5.60 Å². The topological polar surface area (TPSA) is 61.8 Å². The molecule has 0 aromatic heterocycles. The van der Waals surface area contributed by atoms with Crippen LogP contribution in [-0.4, -0.2) is 60.4 Å². The van der Waals surface area contributed by atoms with Gasteiger partial charge in [-0.3, -0.25) is 4.79 Å². The summed E-state index contributed by atoms with van der Waals surface area (Å²) in [5.74, 6) is 0.121. The lowest BCUT2D eigenvalue weighted by Crippen LogP contribution is -2.50. The molecule has 5 heteroatoms. The third kappa shape index (κ3) is 2.07. The van der Waals surface area contributed by atoms with E-state index >= 15 is 0 Å².